The molecular formula is C2H6AsCl. The van der Waals surface area contributed by atoms with Gasteiger partial charge in [-0.3, -0.25) is 0 Å². The zero-order valence-corrected chi connectivity index (χ0v) is 6.09. The van der Waals surface area contributed by atoms with Crippen molar-refractivity contribution in [2.75, 3.05) is 0 Å². The Bertz CT molecular complexity index is 13.5. The van der Waals surface area contributed by atoms with Crippen molar-refractivity contribution in [1.82, 2.24) is 0 Å². The third-order valence-corrected chi connectivity index (χ3v) is 0. The maximum atomic E-state index is 4.76. The standard InChI is InChI=1S/C2H3Cl.AsH3/c1-2-3;/h2H,1H2;1H3. The van der Waals surface area contributed by atoms with Crippen LogP contribution in [-0.2, 0) is 0 Å². The normalized spacial score (nSPS) is 3.25. The van der Waals surface area contributed by atoms with Crippen LogP contribution in [0.2, 0.25) is 0 Å². The van der Waals surface area contributed by atoms with Gasteiger partial charge in [0.15, 0.2) is 0 Å². The van der Waals surface area contributed by atoms with Gasteiger partial charge in [0.2, 0.25) is 0 Å². The van der Waals surface area contributed by atoms with Crippen LogP contribution in [0.4, 0.5) is 0 Å². The summed E-state index contributed by atoms with van der Waals surface area (Å²) in [5, 5.41) is 0. The van der Waals surface area contributed by atoms with E-state index in [-0.39, 0.29) is 18.0 Å². The Morgan fingerprint density at radius 2 is 1.75 bits per heavy atom. The first-order valence-electron chi connectivity index (χ1n) is 0.626. The van der Waals surface area contributed by atoms with Crippen LogP contribution >= 0.6 is 11.6 Å². The molecule has 0 heterocycles. The molecule has 26 valence electrons. The Balaban J connectivity index is 0. The van der Waals surface area contributed by atoms with E-state index in [1.165, 1.54) is 5.54 Å². The Hall–Kier alpha value is 0.588. The van der Waals surface area contributed by atoms with Gasteiger partial charge in [0.25, 0.3) is 0 Å². The minimum absolute atomic E-state index is 0. The van der Waals surface area contributed by atoms with E-state index in [0.717, 1.165) is 0 Å². The van der Waals surface area contributed by atoms with Crippen molar-refractivity contribution >= 4 is 29.6 Å². The SMILES string of the molecule is C=CCl.[AsH3]. The molecule has 0 saturated heterocycles. The molecule has 1 unspecified atom stereocenters. The third-order valence-electron chi connectivity index (χ3n) is 0. The van der Waals surface area contributed by atoms with Crippen molar-refractivity contribution in [3.8, 4) is 0 Å². The van der Waals surface area contributed by atoms with Gasteiger partial charge >= 0.3 is 18.0 Å². The van der Waals surface area contributed by atoms with E-state index < -0.39 is 0 Å². The van der Waals surface area contributed by atoms with Crippen LogP contribution in [0.1, 0.15) is 0 Å². The fraction of sp³-hybridized carbons (Fsp3) is 0. The Labute approximate surface area is 42.2 Å². The van der Waals surface area contributed by atoms with E-state index in [0.29, 0.717) is 0 Å². The summed E-state index contributed by atoms with van der Waals surface area (Å²) in [5.74, 6) is 0. The molecule has 1 atom stereocenters. The fourth-order valence-electron chi connectivity index (χ4n) is 0. The van der Waals surface area contributed by atoms with E-state index in [9.17, 15) is 0 Å². The second-order valence-corrected chi connectivity index (χ2v) is 0.463. The molecule has 0 aromatic heterocycles. The Morgan fingerprint density at radius 3 is 1.75 bits per heavy atom. The quantitative estimate of drug-likeness (QED) is 0.421. The molecule has 0 amide bonds. The molecule has 0 aromatic carbocycles. The van der Waals surface area contributed by atoms with Gasteiger partial charge < -0.3 is 0 Å². The second kappa shape index (κ2) is 9.53. The molecule has 0 aliphatic rings. The predicted molar refractivity (Wildman–Crippen MR) is 26.0 cm³/mol. The van der Waals surface area contributed by atoms with Crippen molar-refractivity contribution in [2.45, 2.75) is 0 Å². The Morgan fingerprint density at radius 1 is 1.75 bits per heavy atom. The van der Waals surface area contributed by atoms with Crippen LogP contribution in [-0.4, -0.2) is 18.0 Å². The van der Waals surface area contributed by atoms with Gasteiger partial charge in [0.1, 0.15) is 0 Å². The van der Waals surface area contributed by atoms with Crippen LogP contribution in [0.5, 0.6) is 0 Å². The summed E-state index contributed by atoms with van der Waals surface area (Å²) in [4.78, 5) is 0. The predicted octanol–water partition coefficient (Wildman–Crippen LogP) is 0.185. The first kappa shape index (κ1) is 8.82. The number of halogens is 1. The summed E-state index contributed by atoms with van der Waals surface area (Å²) in [5.41, 5.74) is 1.22. The number of hydrogen-bond acceptors (Lipinski definition) is 0. The van der Waals surface area contributed by atoms with Gasteiger partial charge in [0.05, 0.1) is 0 Å². The molecule has 2 heteroatoms. The molecule has 0 fully saturated rings. The second-order valence-electron chi connectivity index (χ2n) is 0.154. The first-order valence-corrected chi connectivity index (χ1v) is 1.06. The average Bonchev–Trinajstić information content (AvgIpc) is 0.918. The number of rotatable bonds is 0. The minimum atomic E-state index is 0. The third kappa shape index (κ3) is 18.9. The van der Waals surface area contributed by atoms with Gasteiger partial charge in [-0.2, -0.15) is 0 Å². The summed E-state index contributed by atoms with van der Waals surface area (Å²) < 4.78 is 0. The molecule has 4 heavy (non-hydrogen) atoms. The van der Waals surface area contributed by atoms with E-state index in [1.54, 1.807) is 0 Å². The van der Waals surface area contributed by atoms with Crippen molar-refractivity contribution in [2.24, 2.45) is 0 Å². The van der Waals surface area contributed by atoms with Crippen molar-refractivity contribution < 1.29 is 0 Å². The fourth-order valence-corrected chi connectivity index (χ4v) is 0. The maximum absolute atomic E-state index is 4.76. The van der Waals surface area contributed by atoms with Gasteiger partial charge in [0, 0.05) is 0 Å². The summed E-state index contributed by atoms with van der Waals surface area (Å²) in [6.45, 7) is 3.13. The van der Waals surface area contributed by atoms with Crippen LogP contribution in [0, 0.1) is 0 Å². The van der Waals surface area contributed by atoms with E-state index in [1.807, 2.05) is 0 Å². The molecule has 0 aliphatic carbocycles. The molecule has 0 radical (unpaired) electrons. The molecule has 0 aliphatic heterocycles. The molecule has 0 rings (SSSR count). The molecule has 0 aromatic rings. The summed E-state index contributed by atoms with van der Waals surface area (Å²) in [6.07, 6.45) is 0. The summed E-state index contributed by atoms with van der Waals surface area (Å²) in [6, 6.07) is 0. The topological polar surface area (TPSA) is 0 Å². The summed E-state index contributed by atoms with van der Waals surface area (Å²) in [7, 11) is 0. The molecule has 0 spiro atoms. The Kier molecular flexibility index (Phi) is 21.0. The van der Waals surface area contributed by atoms with Gasteiger partial charge in [-0.1, -0.05) is 18.2 Å². The van der Waals surface area contributed by atoms with Crippen molar-refractivity contribution in [3.63, 3.8) is 0 Å². The molecule has 0 nitrogen and oxygen atoms in total. The zero-order valence-electron chi connectivity index (χ0n) is 2.37. The first-order chi connectivity index (χ1) is 1.41. The monoisotopic (exact) mass is 140 g/mol. The molecule has 0 saturated carbocycles. The van der Waals surface area contributed by atoms with Crippen LogP contribution < -0.4 is 0 Å². The van der Waals surface area contributed by atoms with E-state index in [2.05, 4.69) is 6.58 Å². The molecule has 0 N–H and O–H groups in total. The summed E-state index contributed by atoms with van der Waals surface area (Å²) >= 11 is 4.76. The average molecular weight is 140 g/mol. The van der Waals surface area contributed by atoms with Gasteiger partial charge in [-0.25, -0.2) is 0 Å². The molecule has 0 bridgehead atoms. The molecular weight excluding hydrogens is 134 g/mol. The number of hydrogen-bond donors (Lipinski definition) is 0. The van der Waals surface area contributed by atoms with Crippen LogP contribution in [0.3, 0.4) is 0 Å². The van der Waals surface area contributed by atoms with Crippen LogP contribution in [0.15, 0.2) is 12.1 Å². The van der Waals surface area contributed by atoms with Gasteiger partial charge in [-0.05, 0) is 5.54 Å². The van der Waals surface area contributed by atoms with Crippen molar-refractivity contribution in [1.29, 1.82) is 0 Å². The van der Waals surface area contributed by atoms with Gasteiger partial charge in [-0.15, -0.1) is 0 Å². The van der Waals surface area contributed by atoms with E-state index in [4.69, 9.17) is 11.6 Å². The zero-order chi connectivity index (χ0) is 2.71. The van der Waals surface area contributed by atoms with Crippen molar-refractivity contribution in [3.05, 3.63) is 12.1 Å². The van der Waals surface area contributed by atoms with Crippen LogP contribution in [0.25, 0.3) is 0 Å². The van der Waals surface area contributed by atoms with E-state index >= 15 is 0 Å².